The number of hydrogen-bond acceptors (Lipinski definition) is 3. The minimum atomic E-state index is -0.166. The van der Waals surface area contributed by atoms with Crippen molar-refractivity contribution in [3.63, 3.8) is 0 Å². The molecule has 2 aromatic rings. The van der Waals surface area contributed by atoms with Gasteiger partial charge in [-0.3, -0.25) is 9.59 Å². The number of carbonyl (C=O) groups excluding carboxylic acids is 2. The van der Waals surface area contributed by atoms with Crippen molar-refractivity contribution in [1.29, 1.82) is 0 Å². The molecule has 0 fully saturated rings. The number of nitrogens with one attached hydrogen (secondary N) is 2. The number of hydrogen-bond donors (Lipinski definition) is 2. The van der Waals surface area contributed by atoms with Crippen molar-refractivity contribution < 1.29 is 9.59 Å². The Hall–Kier alpha value is -2.27. The average Bonchev–Trinajstić information content (AvgIpc) is 2.59. The normalized spacial score (nSPS) is 10.2. The zero-order chi connectivity index (χ0) is 17.2. The molecule has 126 valence electrons. The number of rotatable bonds is 8. The molecule has 4 nitrogen and oxygen atoms in total. The lowest BCUT2D eigenvalue weighted by molar-refractivity contribution is -0.125. The molecule has 0 spiro atoms. The van der Waals surface area contributed by atoms with E-state index in [0.29, 0.717) is 6.54 Å². The van der Waals surface area contributed by atoms with Crippen LogP contribution in [-0.4, -0.2) is 30.7 Å². The molecular formula is C19H22N2O2S. The second-order valence-corrected chi connectivity index (χ2v) is 6.62. The van der Waals surface area contributed by atoms with Crippen LogP contribution in [-0.2, 0) is 16.0 Å². The Labute approximate surface area is 147 Å². The minimum absolute atomic E-state index is 0.0147. The van der Waals surface area contributed by atoms with Crippen LogP contribution in [0.1, 0.15) is 11.1 Å². The highest BCUT2D eigenvalue weighted by molar-refractivity contribution is 7.99. The first-order valence-corrected chi connectivity index (χ1v) is 8.89. The Morgan fingerprint density at radius 3 is 2.33 bits per heavy atom. The van der Waals surface area contributed by atoms with E-state index in [9.17, 15) is 9.59 Å². The summed E-state index contributed by atoms with van der Waals surface area (Å²) < 4.78 is 0. The van der Waals surface area contributed by atoms with Crippen molar-refractivity contribution in [3.8, 4) is 0 Å². The molecule has 0 aliphatic rings. The fourth-order valence-corrected chi connectivity index (χ4v) is 2.85. The Morgan fingerprint density at radius 2 is 1.62 bits per heavy atom. The Balaban J connectivity index is 1.58. The largest absolute Gasteiger partial charge is 0.354 e. The highest BCUT2D eigenvalue weighted by Gasteiger charge is 2.06. The van der Waals surface area contributed by atoms with Gasteiger partial charge in [0.25, 0.3) is 0 Å². The molecule has 0 heterocycles. The molecular weight excluding hydrogens is 320 g/mol. The molecule has 2 amide bonds. The monoisotopic (exact) mass is 342 g/mol. The summed E-state index contributed by atoms with van der Waals surface area (Å²) in [6.07, 6.45) is 0.289. The Kier molecular flexibility index (Phi) is 7.36. The van der Waals surface area contributed by atoms with Gasteiger partial charge in [-0.15, -0.1) is 11.8 Å². The first-order chi connectivity index (χ1) is 11.6. The van der Waals surface area contributed by atoms with Crippen LogP contribution in [0, 0.1) is 6.92 Å². The molecule has 0 saturated carbocycles. The summed E-state index contributed by atoms with van der Waals surface area (Å²) >= 11 is 1.70. The van der Waals surface area contributed by atoms with Crippen LogP contribution < -0.4 is 10.6 Å². The van der Waals surface area contributed by atoms with E-state index >= 15 is 0 Å². The molecule has 5 heteroatoms. The smallest absolute Gasteiger partial charge is 0.239 e. The van der Waals surface area contributed by atoms with Gasteiger partial charge in [-0.1, -0.05) is 48.0 Å². The Morgan fingerprint density at radius 1 is 0.917 bits per heavy atom. The number of benzene rings is 2. The summed E-state index contributed by atoms with van der Waals surface area (Å²) in [4.78, 5) is 24.7. The van der Waals surface area contributed by atoms with E-state index in [1.165, 1.54) is 10.5 Å². The van der Waals surface area contributed by atoms with Gasteiger partial charge in [-0.05, 0) is 24.6 Å². The molecule has 0 aliphatic heterocycles. The molecule has 24 heavy (non-hydrogen) atoms. The zero-order valence-electron chi connectivity index (χ0n) is 13.7. The molecule has 0 atom stereocenters. The highest BCUT2D eigenvalue weighted by Crippen LogP contribution is 2.17. The summed E-state index contributed by atoms with van der Waals surface area (Å²) in [6, 6.07) is 17.8. The summed E-state index contributed by atoms with van der Waals surface area (Å²) in [5, 5.41) is 5.45. The first-order valence-electron chi connectivity index (χ1n) is 7.90. The van der Waals surface area contributed by atoms with Crippen molar-refractivity contribution in [2.45, 2.75) is 18.2 Å². The van der Waals surface area contributed by atoms with E-state index in [1.807, 2.05) is 30.3 Å². The SMILES string of the molecule is Cc1ccc(SCCNC(=O)CNC(=O)Cc2ccccc2)cc1. The quantitative estimate of drug-likeness (QED) is 0.573. The molecule has 0 saturated heterocycles. The lowest BCUT2D eigenvalue weighted by Crippen LogP contribution is -2.38. The molecule has 0 aromatic heterocycles. The standard InChI is InChI=1S/C19H22N2O2S/c1-15-7-9-17(10-8-15)24-12-11-20-19(23)14-21-18(22)13-16-5-3-2-4-6-16/h2-10H,11-14H2,1H3,(H,20,23)(H,21,22). The van der Waals surface area contributed by atoms with Crippen molar-refractivity contribution in [1.82, 2.24) is 10.6 Å². The summed E-state index contributed by atoms with van der Waals surface area (Å²) in [7, 11) is 0. The van der Waals surface area contributed by atoms with Crippen molar-refractivity contribution in [2.24, 2.45) is 0 Å². The van der Waals surface area contributed by atoms with Gasteiger partial charge in [0.2, 0.25) is 11.8 Å². The second kappa shape index (κ2) is 9.78. The maximum Gasteiger partial charge on any atom is 0.239 e. The average molecular weight is 342 g/mol. The predicted molar refractivity (Wildman–Crippen MR) is 98.1 cm³/mol. The topological polar surface area (TPSA) is 58.2 Å². The van der Waals surface area contributed by atoms with E-state index in [0.717, 1.165) is 11.3 Å². The second-order valence-electron chi connectivity index (χ2n) is 5.45. The summed E-state index contributed by atoms with van der Waals surface area (Å²) in [5.41, 5.74) is 2.17. The molecule has 0 unspecified atom stereocenters. The molecule has 2 rings (SSSR count). The van der Waals surface area contributed by atoms with Crippen LogP contribution in [0.2, 0.25) is 0 Å². The van der Waals surface area contributed by atoms with Crippen LogP contribution in [0.4, 0.5) is 0 Å². The van der Waals surface area contributed by atoms with Crippen molar-refractivity contribution in [3.05, 3.63) is 65.7 Å². The van der Waals surface area contributed by atoms with E-state index < -0.39 is 0 Å². The third kappa shape index (κ3) is 6.87. The molecule has 0 bridgehead atoms. The minimum Gasteiger partial charge on any atom is -0.354 e. The maximum atomic E-state index is 11.8. The van der Waals surface area contributed by atoms with Crippen molar-refractivity contribution in [2.75, 3.05) is 18.8 Å². The predicted octanol–water partition coefficient (Wildman–Crippen LogP) is 2.56. The fraction of sp³-hybridized carbons (Fsp3) is 0.263. The van der Waals surface area contributed by atoms with E-state index in [2.05, 4.69) is 41.8 Å². The summed E-state index contributed by atoms with van der Waals surface area (Å²) in [5.74, 6) is 0.485. The lowest BCUT2D eigenvalue weighted by Gasteiger charge is -2.07. The van der Waals surface area contributed by atoms with Gasteiger partial charge in [-0.2, -0.15) is 0 Å². The third-order valence-corrected chi connectivity index (χ3v) is 4.38. The number of carbonyl (C=O) groups is 2. The van der Waals surface area contributed by atoms with Gasteiger partial charge in [0.1, 0.15) is 0 Å². The van der Waals surface area contributed by atoms with Gasteiger partial charge in [-0.25, -0.2) is 0 Å². The molecule has 0 aliphatic carbocycles. The third-order valence-electron chi connectivity index (χ3n) is 3.37. The van der Waals surface area contributed by atoms with Crippen LogP contribution >= 0.6 is 11.8 Å². The van der Waals surface area contributed by atoms with E-state index in [-0.39, 0.29) is 24.8 Å². The van der Waals surface area contributed by atoms with Crippen LogP contribution in [0.25, 0.3) is 0 Å². The number of thioether (sulfide) groups is 1. The lowest BCUT2D eigenvalue weighted by atomic mass is 10.1. The zero-order valence-corrected chi connectivity index (χ0v) is 14.6. The van der Waals surface area contributed by atoms with Crippen molar-refractivity contribution >= 4 is 23.6 Å². The van der Waals surface area contributed by atoms with E-state index in [1.54, 1.807) is 11.8 Å². The van der Waals surface area contributed by atoms with E-state index in [4.69, 9.17) is 0 Å². The van der Waals surface area contributed by atoms with Gasteiger partial charge >= 0.3 is 0 Å². The fourth-order valence-electron chi connectivity index (χ4n) is 2.08. The summed E-state index contributed by atoms with van der Waals surface area (Å²) in [6.45, 7) is 2.65. The highest BCUT2D eigenvalue weighted by atomic mass is 32.2. The van der Waals surface area contributed by atoms with Gasteiger partial charge in [0, 0.05) is 17.2 Å². The first kappa shape index (κ1) is 18.1. The Bertz CT molecular complexity index is 657. The van der Waals surface area contributed by atoms with Crippen LogP contribution in [0.3, 0.4) is 0 Å². The molecule has 2 N–H and O–H groups in total. The number of aryl methyl sites for hydroxylation is 1. The van der Waals surface area contributed by atoms with Crippen LogP contribution in [0.5, 0.6) is 0 Å². The van der Waals surface area contributed by atoms with Gasteiger partial charge in [0.15, 0.2) is 0 Å². The molecule has 2 aromatic carbocycles. The van der Waals surface area contributed by atoms with Gasteiger partial charge < -0.3 is 10.6 Å². The molecule has 0 radical (unpaired) electrons. The maximum absolute atomic E-state index is 11.8. The number of amides is 2. The van der Waals surface area contributed by atoms with Gasteiger partial charge in [0.05, 0.1) is 13.0 Å². The van der Waals surface area contributed by atoms with Crippen LogP contribution in [0.15, 0.2) is 59.5 Å².